The average Bonchev–Trinajstić information content (AvgIpc) is 3.13. The molecule has 0 spiro atoms. The molecule has 1 aliphatic carbocycles. The SMILES string of the molecule is O=C(OCc1ccc([N+](=O)[O-])cc1)c1nn(-c2ccc(F)cc2)c2c1CCCC2. The minimum absolute atomic E-state index is 0.00495. The van der Waals surface area contributed by atoms with Crippen molar-refractivity contribution in [2.75, 3.05) is 0 Å². The summed E-state index contributed by atoms with van der Waals surface area (Å²) >= 11 is 0. The highest BCUT2D eigenvalue weighted by Crippen LogP contribution is 2.27. The van der Waals surface area contributed by atoms with E-state index in [-0.39, 0.29) is 23.8 Å². The van der Waals surface area contributed by atoms with Crippen LogP contribution in [0, 0.1) is 15.9 Å². The van der Waals surface area contributed by atoms with Crippen LogP contribution >= 0.6 is 0 Å². The molecule has 148 valence electrons. The van der Waals surface area contributed by atoms with Crippen molar-refractivity contribution in [3.63, 3.8) is 0 Å². The zero-order valence-electron chi connectivity index (χ0n) is 15.5. The highest BCUT2D eigenvalue weighted by Gasteiger charge is 2.26. The van der Waals surface area contributed by atoms with Gasteiger partial charge in [0.05, 0.1) is 10.6 Å². The number of nitrogens with zero attached hydrogens (tertiary/aromatic N) is 3. The maximum atomic E-state index is 13.3. The second-order valence-electron chi connectivity index (χ2n) is 6.87. The second-order valence-corrected chi connectivity index (χ2v) is 6.87. The van der Waals surface area contributed by atoms with Crippen molar-refractivity contribution in [3.05, 3.63) is 87.0 Å². The first-order valence-corrected chi connectivity index (χ1v) is 9.30. The van der Waals surface area contributed by atoms with Crippen molar-refractivity contribution in [1.82, 2.24) is 9.78 Å². The Morgan fingerprint density at radius 2 is 1.79 bits per heavy atom. The number of fused-ring (bicyclic) bond motifs is 1. The average molecular weight is 395 g/mol. The molecule has 0 amide bonds. The van der Waals surface area contributed by atoms with Crippen molar-refractivity contribution in [2.45, 2.75) is 32.3 Å². The molecule has 1 aliphatic rings. The van der Waals surface area contributed by atoms with Gasteiger partial charge in [0, 0.05) is 23.4 Å². The number of esters is 1. The summed E-state index contributed by atoms with van der Waals surface area (Å²) in [6.45, 7) is -0.00495. The molecular weight excluding hydrogens is 377 g/mol. The maximum Gasteiger partial charge on any atom is 0.359 e. The first-order chi connectivity index (χ1) is 14.0. The van der Waals surface area contributed by atoms with Gasteiger partial charge in [-0.2, -0.15) is 5.10 Å². The number of non-ortho nitro benzene ring substituents is 1. The first kappa shape index (κ1) is 18.8. The monoisotopic (exact) mass is 395 g/mol. The lowest BCUT2D eigenvalue weighted by Gasteiger charge is -2.14. The van der Waals surface area contributed by atoms with E-state index in [1.54, 1.807) is 28.9 Å². The molecule has 0 fully saturated rings. The molecule has 0 unspecified atom stereocenters. The van der Waals surface area contributed by atoms with Crippen LogP contribution in [-0.2, 0) is 24.2 Å². The molecule has 0 bridgehead atoms. The van der Waals surface area contributed by atoms with Gasteiger partial charge >= 0.3 is 5.97 Å². The fraction of sp³-hybridized carbons (Fsp3) is 0.238. The molecule has 2 aromatic carbocycles. The maximum absolute atomic E-state index is 13.3. The quantitative estimate of drug-likeness (QED) is 0.368. The van der Waals surface area contributed by atoms with E-state index in [1.807, 2.05) is 0 Å². The van der Waals surface area contributed by atoms with E-state index in [1.165, 1.54) is 24.3 Å². The van der Waals surface area contributed by atoms with Gasteiger partial charge in [-0.05, 0) is 67.6 Å². The van der Waals surface area contributed by atoms with Crippen LogP contribution in [0.3, 0.4) is 0 Å². The fourth-order valence-electron chi connectivity index (χ4n) is 3.49. The number of hydrogen-bond acceptors (Lipinski definition) is 5. The number of carbonyl (C=O) groups excluding carboxylic acids is 1. The summed E-state index contributed by atoms with van der Waals surface area (Å²) in [6, 6.07) is 11.8. The number of aromatic nitrogens is 2. The normalized spacial score (nSPS) is 13.0. The lowest BCUT2D eigenvalue weighted by molar-refractivity contribution is -0.384. The molecule has 4 rings (SSSR count). The van der Waals surface area contributed by atoms with Crippen LogP contribution in [0.25, 0.3) is 5.69 Å². The Morgan fingerprint density at radius 3 is 2.48 bits per heavy atom. The topological polar surface area (TPSA) is 87.3 Å². The molecule has 0 N–H and O–H groups in total. The Morgan fingerprint density at radius 1 is 1.10 bits per heavy atom. The molecule has 8 heteroatoms. The number of halogens is 1. The highest BCUT2D eigenvalue weighted by molar-refractivity contribution is 5.89. The molecule has 3 aromatic rings. The Hall–Kier alpha value is -3.55. The number of nitro benzene ring substituents is 1. The third-order valence-electron chi connectivity index (χ3n) is 4.96. The van der Waals surface area contributed by atoms with E-state index in [9.17, 15) is 19.3 Å². The van der Waals surface area contributed by atoms with Crippen molar-refractivity contribution in [2.24, 2.45) is 0 Å². The second kappa shape index (κ2) is 7.83. The third kappa shape index (κ3) is 3.87. The van der Waals surface area contributed by atoms with Crippen LogP contribution in [-0.4, -0.2) is 20.7 Å². The van der Waals surface area contributed by atoms with Gasteiger partial charge in [0.25, 0.3) is 5.69 Å². The van der Waals surface area contributed by atoms with Gasteiger partial charge < -0.3 is 4.74 Å². The Bertz CT molecular complexity index is 1060. The fourth-order valence-corrected chi connectivity index (χ4v) is 3.49. The minimum atomic E-state index is -0.539. The Labute approximate surface area is 165 Å². The molecule has 7 nitrogen and oxygen atoms in total. The van der Waals surface area contributed by atoms with Gasteiger partial charge in [-0.25, -0.2) is 13.9 Å². The van der Waals surface area contributed by atoms with E-state index in [0.29, 0.717) is 11.3 Å². The van der Waals surface area contributed by atoms with Crippen molar-refractivity contribution < 1.29 is 18.8 Å². The van der Waals surface area contributed by atoms with E-state index in [4.69, 9.17) is 4.74 Å². The summed E-state index contributed by atoms with van der Waals surface area (Å²) in [5, 5.41) is 15.2. The molecular formula is C21H18FN3O4. The smallest absolute Gasteiger partial charge is 0.359 e. The molecule has 29 heavy (non-hydrogen) atoms. The first-order valence-electron chi connectivity index (χ1n) is 9.30. The van der Waals surface area contributed by atoms with Crippen LogP contribution in [0.4, 0.5) is 10.1 Å². The summed E-state index contributed by atoms with van der Waals surface area (Å²) in [6.07, 6.45) is 3.48. The zero-order chi connectivity index (χ0) is 20.4. The lowest BCUT2D eigenvalue weighted by Crippen LogP contribution is -2.10. The summed E-state index contributed by atoms with van der Waals surface area (Å²) in [5.41, 5.74) is 3.41. The van der Waals surface area contributed by atoms with E-state index in [0.717, 1.165) is 36.9 Å². The molecule has 0 saturated heterocycles. The number of hydrogen-bond donors (Lipinski definition) is 0. The van der Waals surface area contributed by atoms with Gasteiger partial charge in [-0.3, -0.25) is 10.1 Å². The number of rotatable bonds is 5. The van der Waals surface area contributed by atoms with E-state index >= 15 is 0 Å². The predicted molar refractivity (Wildman–Crippen MR) is 102 cm³/mol. The number of ether oxygens (including phenoxy) is 1. The van der Waals surface area contributed by atoms with E-state index < -0.39 is 10.9 Å². The van der Waals surface area contributed by atoms with Gasteiger partial charge in [0.2, 0.25) is 0 Å². The number of nitro groups is 1. The van der Waals surface area contributed by atoms with Gasteiger partial charge in [-0.1, -0.05) is 0 Å². The van der Waals surface area contributed by atoms with Crippen molar-refractivity contribution in [1.29, 1.82) is 0 Å². The van der Waals surface area contributed by atoms with Crippen LogP contribution in [0.15, 0.2) is 48.5 Å². The summed E-state index contributed by atoms with van der Waals surface area (Å²) in [5.74, 6) is -0.875. The van der Waals surface area contributed by atoms with Crippen LogP contribution in [0.2, 0.25) is 0 Å². The highest BCUT2D eigenvalue weighted by atomic mass is 19.1. The summed E-state index contributed by atoms with van der Waals surface area (Å²) in [7, 11) is 0. The summed E-state index contributed by atoms with van der Waals surface area (Å²) in [4.78, 5) is 22.9. The molecule has 0 atom stereocenters. The standard InChI is InChI=1S/C21H18FN3O4/c22-15-7-11-16(12-8-15)24-19-4-2-1-3-18(19)20(23-24)21(26)29-13-14-5-9-17(10-6-14)25(27)28/h5-12H,1-4,13H2. The Balaban J connectivity index is 1.56. The largest absolute Gasteiger partial charge is 0.456 e. The van der Waals surface area contributed by atoms with Gasteiger partial charge in [0.1, 0.15) is 12.4 Å². The molecule has 1 heterocycles. The number of benzene rings is 2. The van der Waals surface area contributed by atoms with Crippen molar-refractivity contribution in [3.8, 4) is 5.69 Å². The zero-order valence-corrected chi connectivity index (χ0v) is 15.5. The molecule has 1 aromatic heterocycles. The van der Waals surface area contributed by atoms with Gasteiger partial charge in [-0.15, -0.1) is 0 Å². The molecule has 0 radical (unpaired) electrons. The lowest BCUT2D eigenvalue weighted by atomic mass is 9.95. The van der Waals surface area contributed by atoms with Gasteiger partial charge in [0.15, 0.2) is 5.69 Å². The molecule has 0 aliphatic heterocycles. The van der Waals surface area contributed by atoms with Crippen LogP contribution in [0.1, 0.15) is 40.2 Å². The van der Waals surface area contributed by atoms with E-state index in [2.05, 4.69) is 5.10 Å². The summed E-state index contributed by atoms with van der Waals surface area (Å²) < 4.78 is 20.4. The predicted octanol–water partition coefficient (Wildman–Crippen LogP) is 4.16. The number of carbonyl (C=O) groups is 1. The third-order valence-corrected chi connectivity index (χ3v) is 4.96. The van der Waals surface area contributed by atoms with Crippen LogP contribution in [0.5, 0.6) is 0 Å². The Kier molecular flexibility index (Phi) is 5.07. The van der Waals surface area contributed by atoms with Crippen LogP contribution < -0.4 is 0 Å². The molecule has 0 saturated carbocycles. The van der Waals surface area contributed by atoms with Crippen molar-refractivity contribution >= 4 is 11.7 Å². The minimum Gasteiger partial charge on any atom is -0.456 e.